The molecule has 1 amide bonds. The summed E-state index contributed by atoms with van der Waals surface area (Å²) in [6.07, 6.45) is 1.64. The van der Waals surface area contributed by atoms with Gasteiger partial charge in [-0.2, -0.15) is 0 Å². The Morgan fingerprint density at radius 1 is 1.41 bits per heavy atom. The summed E-state index contributed by atoms with van der Waals surface area (Å²) in [6, 6.07) is 3.50. The van der Waals surface area contributed by atoms with Gasteiger partial charge in [0.05, 0.1) is 20.1 Å². The van der Waals surface area contributed by atoms with Crippen molar-refractivity contribution in [2.24, 2.45) is 0 Å². The highest BCUT2D eigenvalue weighted by molar-refractivity contribution is 7.21. The summed E-state index contributed by atoms with van der Waals surface area (Å²) in [5.41, 5.74) is 0.762. The molecule has 4 nitrogen and oxygen atoms in total. The Morgan fingerprint density at radius 3 is 2.71 bits per heavy atom. The number of carbonyl (C=O) groups excluding carboxylic acids is 1. The monoisotopic (exact) mass is 269 g/mol. The van der Waals surface area contributed by atoms with Crippen LogP contribution in [-0.2, 0) is 0 Å². The van der Waals surface area contributed by atoms with Gasteiger partial charge in [0, 0.05) is 27.3 Å². The van der Waals surface area contributed by atoms with Crippen LogP contribution in [0.25, 0.3) is 10.2 Å². The van der Waals surface area contributed by atoms with Crippen LogP contribution in [0.3, 0.4) is 0 Å². The molecular formula is C11H12ClN3OS. The number of hydrazine groups is 1. The number of fused-ring (bicyclic) bond motifs is 1. The largest absolute Gasteiger partial charge is 0.278 e. The van der Waals surface area contributed by atoms with Crippen LogP contribution in [0.4, 0.5) is 0 Å². The molecule has 2 aromatic heterocycles. The van der Waals surface area contributed by atoms with Crippen molar-refractivity contribution in [2.75, 3.05) is 21.1 Å². The molecular weight excluding hydrogens is 258 g/mol. The van der Waals surface area contributed by atoms with Gasteiger partial charge in [-0.3, -0.25) is 14.8 Å². The molecule has 90 valence electrons. The van der Waals surface area contributed by atoms with E-state index in [0.717, 1.165) is 10.2 Å². The van der Waals surface area contributed by atoms with Crippen LogP contribution in [0.1, 0.15) is 9.67 Å². The highest BCUT2D eigenvalue weighted by Gasteiger charge is 2.17. The molecule has 6 heteroatoms. The van der Waals surface area contributed by atoms with Crippen LogP contribution in [-0.4, -0.2) is 42.1 Å². The van der Waals surface area contributed by atoms with E-state index in [4.69, 9.17) is 11.6 Å². The molecule has 0 fully saturated rings. The lowest BCUT2D eigenvalue weighted by Gasteiger charge is -2.23. The zero-order valence-electron chi connectivity index (χ0n) is 9.77. The van der Waals surface area contributed by atoms with E-state index in [2.05, 4.69) is 4.98 Å². The van der Waals surface area contributed by atoms with Crippen molar-refractivity contribution in [1.29, 1.82) is 0 Å². The standard InChI is InChI=1S/C11H12ClN3OS/c1-14(2)15(3)11(16)9-6-8-10(17-9)7(12)4-5-13-8/h4-6H,1-3H3. The summed E-state index contributed by atoms with van der Waals surface area (Å²) in [7, 11) is 5.36. The first-order valence-corrected chi connectivity index (χ1v) is 6.19. The molecule has 0 N–H and O–H groups in total. The van der Waals surface area contributed by atoms with Crippen LogP contribution in [0.5, 0.6) is 0 Å². The minimum atomic E-state index is -0.0610. The number of pyridine rings is 1. The van der Waals surface area contributed by atoms with Crippen LogP contribution in [0.15, 0.2) is 18.3 Å². The van der Waals surface area contributed by atoms with Gasteiger partial charge in [-0.05, 0) is 12.1 Å². The Labute approximate surface area is 108 Å². The summed E-state index contributed by atoms with van der Waals surface area (Å²) in [6.45, 7) is 0. The third kappa shape index (κ3) is 2.26. The van der Waals surface area contributed by atoms with Crippen LogP contribution < -0.4 is 0 Å². The molecule has 0 saturated carbocycles. The summed E-state index contributed by atoms with van der Waals surface area (Å²) in [5.74, 6) is -0.0610. The number of rotatable bonds is 2. The highest BCUT2D eigenvalue weighted by atomic mass is 35.5. The van der Waals surface area contributed by atoms with Gasteiger partial charge in [0.2, 0.25) is 0 Å². The Hall–Kier alpha value is -1.17. The number of hydrogen-bond donors (Lipinski definition) is 0. The topological polar surface area (TPSA) is 36.4 Å². The zero-order valence-corrected chi connectivity index (χ0v) is 11.3. The van der Waals surface area contributed by atoms with Crippen LogP contribution >= 0.6 is 22.9 Å². The van der Waals surface area contributed by atoms with Gasteiger partial charge in [0.15, 0.2) is 0 Å². The normalized spacial score (nSPS) is 11.1. The minimum absolute atomic E-state index is 0.0610. The van der Waals surface area contributed by atoms with Gasteiger partial charge in [0.1, 0.15) is 0 Å². The van der Waals surface area contributed by atoms with Crippen molar-refractivity contribution in [2.45, 2.75) is 0 Å². The molecule has 2 heterocycles. The molecule has 0 unspecified atom stereocenters. The van der Waals surface area contributed by atoms with Gasteiger partial charge < -0.3 is 0 Å². The predicted octanol–water partition coefficient (Wildman–Crippen LogP) is 2.50. The number of amides is 1. The van der Waals surface area contributed by atoms with E-state index in [1.54, 1.807) is 35.4 Å². The quantitative estimate of drug-likeness (QED) is 0.786. The first kappa shape index (κ1) is 12.3. The zero-order chi connectivity index (χ0) is 12.6. The molecule has 0 atom stereocenters. The summed E-state index contributed by atoms with van der Waals surface area (Å²) in [4.78, 5) is 16.9. The van der Waals surface area contributed by atoms with E-state index < -0.39 is 0 Å². The van der Waals surface area contributed by atoms with E-state index in [-0.39, 0.29) is 5.91 Å². The fourth-order valence-corrected chi connectivity index (χ4v) is 2.61. The lowest BCUT2D eigenvalue weighted by Crippen LogP contribution is -2.38. The first-order valence-electron chi connectivity index (χ1n) is 5.00. The summed E-state index contributed by atoms with van der Waals surface area (Å²) < 4.78 is 0.852. The lowest BCUT2D eigenvalue weighted by molar-refractivity contribution is 0.0347. The SMILES string of the molecule is CN(C)N(C)C(=O)c1cc2nccc(Cl)c2s1. The van der Waals surface area contributed by atoms with Gasteiger partial charge in [-0.1, -0.05) is 11.6 Å². The second-order valence-electron chi connectivity index (χ2n) is 3.79. The summed E-state index contributed by atoms with van der Waals surface area (Å²) in [5, 5.41) is 3.90. The highest BCUT2D eigenvalue weighted by Crippen LogP contribution is 2.30. The van der Waals surface area contributed by atoms with Crippen molar-refractivity contribution in [3.8, 4) is 0 Å². The number of halogens is 1. The Balaban J connectivity index is 2.44. The Kier molecular flexibility index (Phi) is 3.33. The van der Waals surface area contributed by atoms with Gasteiger partial charge in [0.25, 0.3) is 5.91 Å². The Morgan fingerprint density at radius 2 is 2.12 bits per heavy atom. The molecule has 0 aliphatic heterocycles. The third-order valence-electron chi connectivity index (χ3n) is 2.47. The maximum atomic E-state index is 12.1. The second-order valence-corrected chi connectivity index (χ2v) is 5.25. The molecule has 0 radical (unpaired) electrons. The maximum Gasteiger partial charge on any atom is 0.278 e. The van der Waals surface area contributed by atoms with E-state index in [0.29, 0.717) is 9.90 Å². The Bertz CT molecular complexity index is 567. The van der Waals surface area contributed by atoms with Crippen LogP contribution in [0, 0.1) is 0 Å². The fraction of sp³-hybridized carbons (Fsp3) is 0.273. The average Bonchev–Trinajstić information content (AvgIpc) is 2.72. The number of nitrogens with zero attached hydrogens (tertiary/aromatic N) is 3. The number of carbonyl (C=O) groups is 1. The molecule has 0 aliphatic carbocycles. The molecule has 0 aromatic carbocycles. The first-order chi connectivity index (χ1) is 8.00. The molecule has 17 heavy (non-hydrogen) atoms. The van der Waals surface area contributed by atoms with Crippen molar-refractivity contribution >= 4 is 39.1 Å². The molecule has 0 bridgehead atoms. The molecule has 0 spiro atoms. The fourth-order valence-electron chi connectivity index (χ4n) is 1.35. The van der Waals surface area contributed by atoms with Crippen molar-refractivity contribution < 1.29 is 4.79 Å². The number of aromatic nitrogens is 1. The maximum absolute atomic E-state index is 12.1. The van der Waals surface area contributed by atoms with E-state index in [1.807, 2.05) is 14.1 Å². The molecule has 0 saturated heterocycles. The number of thiophene rings is 1. The van der Waals surface area contributed by atoms with Gasteiger partial charge in [-0.25, -0.2) is 5.01 Å². The summed E-state index contributed by atoms with van der Waals surface area (Å²) >= 11 is 7.42. The molecule has 2 aromatic rings. The lowest BCUT2D eigenvalue weighted by atomic mass is 10.3. The van der Waals surface area contributed by atoms with Gasteiger partial charge >= 0.3 is 0 Å². The van der Waals surface area contributed by atoms with E-state index >= 15 is 0 Å². The molecule has 0 aliphatic rings. The third-order valence-corrected chi connectivity index (χ3v) is 4.04. The average molecular weight is 270 g/mol. The number of hydrogen-bond acceptors (Lipinski definition) is 4. The molecule has 2 rings (SSSR count). The van der Waals surface area contributed by atoms with E-state index in [9.17, 15) is 4.79 Å². The van der Waals surface area contributed by atoms with Crippen molar-refractivity contribution in [3.05, 3.63) is 28.2 Å². The minimum Gasteiger partial charge on any atom is -0.274 e. The van der Waals surface area contributed by atoms with Crippen LogP contribution in [0.2, 0.25) is 5.02 Å². The van der Waals surface area contributed by atoms with Gasteiger partial charge in [-0.15, -0.1) is 11.3 Å². The predicted molar refractivity (Wildman–Crippen MR) is 70.4 cm³/mol. The van der Waals surface area contributed by atoms with E-state index in [1.165, 1.54) is 11.3 Å². The van der Waals surface area contributed by atoms with Crippen molar-refractivity contribution in [1.82, 2.24) is 15.0 Å². The second kappa shape index (κ2) is 4.60. The smallest absolute Gasteiger partial charge is 0.274 e. The van der Waals surface area contributed by atoms with Crippen molar-refractivity contribution in [3.63, 3.8) is 0 Å².